The van der Waals surface area contributed by atoms with Crippen molar-refractivity contribution >= 4 is 23.7 Å². The second kappa shape index (κ2) is 3.99. The molecule has 1 aromatic carbocycles. The maximum Gasteiger partial charge on any atom is 0.191 e. The van der Waals surface area contributed by atoms with Gasteiger partial charge in [-0.15, -0.1) is 0 Å². The molecule has 0 amide bonds. The maximum atomic E-state index is 8.64. The summed E-state index contributed by atoms with van der Waals surface area (Å²) in [5.74, 6) is 0.0272. The molecule has 0 spiro atoms. The molecule has 0 heterocycles. The van der Waals surface area contributed by atoms with Gasteiger partial charge in [0.2, 0.25) is 0 Å². The molecule has 1 rings (SSSR count). The molecular formula is C7H9N3OS. The van der Waals surface area contributed by atoms with Crippen molar-refractivity contribution in [1.82, 2.24) is 0 Å². The molecule has 0 unspecified atom stereocenters. The van der Waals surface area contributed by atoms with Gasteiger partial charge >= 0.3 is 0 Å². The highest BCUT2D eigenvalue weighted by Gasteiger charge is 1.91. The molecule has 0 aromatic heterocycles. The molecule has 0 atom stereocenters. The molecule has 0 radical (unpaired) electrons. The minimum atomic E-state index is 0.0272. The summed E-state index contributed by atoms with van der Waals surface area (Å²) in [6, 6.07) is 6.90. The van der Waals surface area contributed by atoms with Crippen LogP contribution in [0.1, 0.15) is 0 Å². The van der Waals surface area contributed by atoms with E-state index in [1.165, 1.54) is 0 Å². The van der Waals surface area contributed by atoms with Crippen molar-refractivity contribution in [2.45, 2.75) is 4.90 Å². The summed E-state index contributed by atoms with van der Waals surface area (Å²) in [5, 5.41) is 0. The van der Waals surface area contributed by atoms with E-state index in [9.17, 15) is 0 Å². The van der Waals surface area contributed by atoms with Crippen LogP contribution in [0.3, 0.4) is 0 Å². The van der Waals surface area contributed by atoms with Crippen LogP contribution in [0.4, 0.5) is 5.69 Å². The molecule has 12 heavy (non-hydrogen) atoms. The van der Waals surface area contributed by atoms with Gasteiger partial charge in [0.1, 0.15) is 0 Å². The van der Waals surface area contributed by atoms with Crippen LogP contribution < -0.4 is 11.5 Å². The van der Waals surface area contributed by atoms with Crippen LogP contribution in [0.15, 0.2) is 34.2 Å². The first-order valence-corrected chi connectivity index (χ1v) is 4.01. The van der Waals surface area contributed by atoms with Gasteiger partial charge in [-0.25, -0.2) is 4.99 Å². The maximum absolute atomic E-state index is 8.64. The number of aliphatic imine (C=N–C) groups is 1. The van der Waals surface area contributed by atoms with E-state index in [-0.39, 0.29) is 5.96 Å². The van der Waals surface area contributed by atoms with Crippen LogP contribution in [0.25, 0.3) is 0 Å². The number of rotatable bonds is 2. The zero-order valence-corrected chi connectivity index (χ0v) is 7.08. The minimum Gasteiger partial charge on any atom is -0.370 e. The van der Waals surface area contributed by atoms with E-state index >= 15 is 0 Å². The Morgan fingerprint density at radius 2 is 1.83 bits per heavy atom. The number of benzene rings is 1. The fourth-order valence-corrected chi connectivity index (χ4v) is 0.988. The van der Waals surface area contributed by atoms with Crippen LogP contribution in [-0.4, -0.2) is 10.5 Å². The SMILES string of the molecule is NC(N)=Nc1ccc(SO)cc1. The summed E-state index contributed by atoms with van der Waals surface area (Å²) in [4.78, 5) is 4.57. The lowest BCUT2D eigenvalue weighted by Crippen LogP contribution is -2.21. The fraction of sp³-hybridized carbons (Fsp3) is 0. The van der Waals surface area contributed by atoms with Crippen LogP contribution in [-0.2, 0) is 0 Å². The van der Waals surface area contributed by atoms with Crippen molar-refractivity contribution in [3.05, 3.63) is 24.3 Å². The van der Waals surface area contributed by atoms with E-state index < -0.39 is 0 Å². The first kappa shape index (κ1) is 8.89. The van der Waals surface area contributed by atoms with Crippen molar-refractivity contribution in [2.75, 3.05) is 0 Å². The number of nitrogens with zero attached hydrogens (tertiary/aromatic N) is 1. The van der Waals surface area contributed by atoms with E-state index in [1.54, 1.807) is 24.3 Å². The minimum absolute atomic E-state index is 0.0272. The summed E-state index contributed by atoms with van der Waals surface area (Å²) in [7, 11) is 0. The molecule has 0 bridgehead atoms. The molecule has 0 saturated carbocycles. The van der Waals surface area contributed by atoms with Crippen LogP contribution in [0.2, 0.25) is 0 Å². The number of guanidine groups is 1. The number of hydrogen-bond donors (Lipinski definition) is 3. The summed E-state index contributed by atoms with van der Waals surface area (Å²) in [6.07, 6.45) is 0. The van der Waals surface area contributed by atoms with Crippen molar-refractivity contribution < 1.29 is 4.55 Å². The zero-order chi connectivity index (χ0) is 8.97. The summed E-state index contributed by atoms with van der Waals surface area (Å²) < 4.78 is 8.64. The van der Waals surface area contributed by atoms with Crippen molar-refractivity contribution in [3.63, 3.8) is 0 Å². The Labute approximate surface area is 74.5 Å². The molecule has 0 aliphatic rings. The Morgan fingerprint density at radius 1 is 1.25 bits per heavy atom. The number of nitrogens with two attached hydrogens (primary N) is 2. The Morgan fingerprint density at radius 3 is 2.25 bits per heavy atom. The number of hydrogen-bond acceptors (Lipinski definition) is 3. The highest BCUT2D eigenvalue weighted by molar-refractivity contribution is 7.93. The predicted octanol–water partition coefficient (Wildman–Crippen LogP) is 1.16. The van der Waals surface area contributed by atoms with Gasteiger partial charge in [0.15, 0.2) is 5.96 Å². The summed E-state index contributed by atoms with van der Waals surface area (Å²) >= 11 is 0.685. The molecule has 0 fully saturated rings. The molecule has 0 saturated heterocycles. The van der Waals surface area contributed by atoms with Crippen molar-refractivity contribution in [1.29, 1.82) is 0 Å². The third-order valence-electron chi connectivity index (χ3n) is 1.20. The highest BCUT2D eigenvalue weighted by atomic mass is 32.2. The molecule has 5 heteroatoms. The quantitative estimate of drug-likeness (QED) is 0.365. The van der Waals surface area contributed by atoms with Gasteiger partial charge in [-0.05, 0) is 24.3 Å². The highest BCUT2D eigenvalue weighted by Crippen LogP contribution is 2.18. The summed E-state index contributed by atoms with van der Waals surface area (Å²) in [5.41, 5.74) is 11.0. The van der Waals surface area contributed by atoms with Gasteiger partial charge in [0.05, 0.1) is 5.69 Å². The van der Waals surface area contributed by atoms with Crippen molar-refractivity contribution in [3.8, 4) is 0 Å². The van der Waals surface area contributed by atoms with Gasteiger partial charge in [-0.3, -0.25) is 0 Å². The van der Waals surface area contributed by atoms with E-state index in [0.717, 1.165) is 4.90 Å². The molecular weight excluding hydrogens is 174 g/mol. The lowest BCUT2D eigenvalue weighted by Gasteiger charge is -1.95. The average Bonchev–Trinajstić information content (AvgIpc) is 2.05. The average molecular weight is 183 g/mol. The Kier molecular flexibility index (Phi) is 2.95. The first-order valence-electron chi connectivity index (χ1n) is 3.23. The first-order chi connectivity index (χ1) is 5.72. The van der Waals surface area contributed by atoms with Crippen LogP contribution >= 0.6 is 12.0 Å². The monoisotopic (exact) mass is 183 g/mol. The third kappa shape index (κ3) is 2.44. The Bertz CT molecular complexity index is 279. The van der Waals surface area contributed by atoms with Crippen LogP contribution in [0.5, 0.6) is 0 Å². The Balaban J connectivity index is 2.85. The predicted molar refractivity (Wildman–Crippen MR) is 50.4 cm³/mol. The van der Waals surface area contributed by atoms with E-state index in [0.29, 0.717) is 17.7 Å². The normalized spacial score (nSPS) is 9.42. The lowest BCUT2D eigenvalue weighted by molar-refractivity contribution is 0.664. The van der Waals surface area contributed by atoms with Gasteiger partial charge in [-0.1, -0.05) is 0 Å². The van der Waals surface area contributed by atoms with Crippen molar-refractivity contribution in [2.24, 2.45) is 16.5 Å². The van der Waals surface area contributed by atoms with E-state index in [2.05, 4.69) is 4.99 Å². The second-order valence-corrected chi connectivity index (χ2v) is 2.78. The third-order valence-corrected chi connectivity index (χ3v) is 1.68. The lowest BCUT2D eigenvalue weighted by atomic mass is 10.3. The van der Waals surface area contributed by atoms with E-state index in [4.69, 9.17) is 16.0 Å². The van der Waals surface area contributed by atoms with E-state index in [1.807, 2.05) is 0 Å². The standard InChI is InChI=1S/C7H9N3OS/c8-7(9)10-5-1-3-6(12-11)4-2-5/h1-4,11H,(H4,8,9,10). The largest absolute Gasteiger partial charge is 0.370 e. The topological polar surface area (TPSA) is 84.6 Å². The second-order valence-electron chi connectivity index (χ2n) is 2.12. The van der Waals surface area contributed by atoms with Crippen LogP contribution in [0, 0.1) is 0 Å². The van der Waals surface area contributed by atoms with Gasteiger partial charge < -0.3 is 16.0 Å². The molecule has 0 aliphatic carbocycles. The van der Waals surface area contributed by atoms with Gasteiger partial charge in [0.25, 0.3) is 0 Å². The molecule has 0 aliphatic heterocycles. The smallest absolute Gasteiger partial charge is 0.191 e. The summed E-state index contributed by atoms with van der Waals surface area (Å²) in [6.45, 7) is 0. The molecule has 4 nitrogen and oxygen atoms in total. The molecule has 5 N–H and O–H groups in total. The van der Waals surface area contributed by atoms with Gasteiger partial charge in [0, 0.05) is 16.9 Å². The molecule has 1 aromatic rings. The Hall–Kier alpha value is -1.20. The fourth-order valence-electron chi connectivity index (χ4n) is 0.731. The van der Waals surface area contributed by atoms with Gasteiger partial charge in [-0.2, -0.15) is 0 Å². The zero-order valence-electron chi connectivity index (χ0n) is 6.27. The molecule has 64 valence electrons.